The predicted octanol–water partition coefficient (Wildman–Crippen LogP) is 8.78. The number of rotatable bonds is 8. The first-order valence-corrected chi connectivity index (χ1v) is 17.7. The zero-order valence-corrected chi connectivity index (χ0v) is 29.4. The van der Waals surface area contributed by atoms with Crippen LogP contribution in [0.3, 0.4) is 0 Å². The fourth-order valence-corrected chi connectivity index (χ4v) is 7.88. The lowest BCUT2D eigenvalue weighted by atomic mass is 9.68. The van der Waals surface area contributed by atoms with Gasteiger partial charge in [-0.1, -0.05) is 26.0 Å². The van der Waals surface area contributed by atoms with Gasteiger partial charge >= 0.3 is 6.18 Å². The molecule has 0 spiro atoms. The molecule has 3 heterocycles. The van der Waals surface area contributed by atoms with E-state index in [1.54, 1.807) is 13.8 Å². The summed E-state index contributed by atoms with van der Waals surface area (Å²) in [6.45, 7) is 8.38. The Morgan fingerprint density at radius 1 is 0.941 bits per heavy atom. The van der Waals surface area contributed by atoms with Crippen LogP contribution in [0, 0.1) is 5.41 Å². The van der Waals surface area contributed by atoms with Crippen molar-refractivity contribution in [3.8, 4) is 5.75 Å². The van der Waals surface area contributed by atoms with Crippen LogP contribution >= 0.6 is 0 Å². The molecule has 1 aromatic carbocycles. The number of aromatic nitrogens is 3. The first-order valence-electron chi connectivity index (χ1n) is 17.7. The predicted molar refractivity (Wildman–Crippen MR) is 180 cm³/mol. The maximum absolute atomic E-state index is 17.2. The molecule has 51 heavy (non-hydrogen) atoms. The number of benzene rings is 1. The summed E-state index contributed by atoms with van der Waals surface area (Å²) in [5.74, 6) is -2.68. The zero-order valence-electron chi connectivity index (χ0n) is 29.4. The van der Waals surface area contributed by atoms with Crippen molar-refractivity contribution in [2.45, 2.75) is 121 Å². The number of piperidine rings is 1. The molecule has 2 atom stereocenters. The lowest BCUT2D eigenvalue weighted by Crippen LogP contribution is -2.36. The number of hydrogen-bond acceptors (Lipinski definition) is 7. The average molecular weight is 721 g/mol. The number of nitrogens with zero attached hydrogens (tertiary/aromatic N) is 4. The van der Waals surface area contributed by atoms with E-state index in [0.29, 0.717) is 73.0 Å². The average Bonchev–Trinajstić information content (AvgIpc) is 3.05. The SMILES string of the molecule is CC(C)(O)COc1cnc(N2CCC(c3nc4c(c(C5CCC(F)(F)CC5)c3[C@@H](F)c3ccc(C(F)(F)F)cc3)[C@@H](O)CC(C)(C)C4)CC2)nc1. The molecule has 7 nitrogen and oxygen atoms in total. The number of hydrogen-bond donors (Lipinski definition) is 2. The molecule has 278 valence electrons. The van der Waals surface area contributed by atoms with Crippen LogP contribution in [0.4, 0.5) is 32.3 Å². The fourth-order valence-electron chi connectivity index (χ4n) is 7.88. The molecule has 0 radical (unpaired) electrons. The molecule has 1 saturated carbocycles. The summed E-state index contributed by atoms with van der Waals surface area (Å²) in [7, 11) is 0. The molecule has 2 fully saturated rings. The van der Waals surface area contributed by atoms with Crippen LogP contribution in [-0.4, -0.2) is 56.4 Å². The Hall–Kier alpha value is -3.45. The van der Waals surface area contributed by atoms with E-state index in [1.165, 1.54) is 12.4 Å². The molecule has 6 rings (SSSR count). The van der Waals surface area contributed by atoms with Crippen LogP contribution < -0.4 is 9.64 Å². The van der Waals surface area contributed by atoms with Crippen molar-refractivity contribution in [1.82, 2.24) is 15.0 Å². The Labute approximate surface area is 294 Å². The Kier molecular flexibility index (Phi) is 10.1. The molecular formula is C38H46F6N4O3. The van der Waals surface area contributed by atoms with Crippen LogP contribution in [0.2, 0.25) is 0 Å². The van der Waals surface area contributed by atoms with Crippen molar-refractivity contribution < 1.29 is 41.3 Å². The second kappa shape index (κ2) is 13.8. The molecule has 3 aromatic rings. The van der Waals surface area contributed by atoms with Crippen molar-refractivity contribution >= 4 is 5.95 Å². The number of pyridine rings is 1. The third-order valence-electron chi connectivity index (χ3n) is 10.4. The molecule has 0 amide bonds. The van der Waals surface area contributed by atoms with E-state index in [2.05, 4.69) is 9.97 Å². The minimum Gasteiger partial charge on any atom is -0.487 e. The van der Waals surface area contributed by atoms with Crippen molar-refractivity contribution in [3.63, 3.8) is 0 Å². The molecule has 2 aromatic heterocycles. The highest BCUT2D eigenvalue weighted by Gasteiger charge is 2.44. The van der Waals surface area contributed by atoms with Gasteiger partial charge in [0.15, 0.2) is 11.9 Å². The second-order valence-corrected chi connectivity index (χ2v) is 15.9. The summed E-state index contributed by atoms with van der Waals surface area (Å²) >= 11 is 0. The molecule has 2 aliphatic carbocycles. The normalized spacial score (nSPS) is 22.0. The van der Waals surface area contributed by atoms with Gasteiger partial charge in [0, 0.05) is 48.7 Å². The molecule has 1 aliphatic heterocycles. The van der Waals surface area contributed by atoms with Crippen LogP contribution in [0.1, 0.15) is 136 Å². The Balaban J connectivity index is 1.39. The van der Waals surface area contributed by atoms with Gasteiger partial charge in [0.2, 0.25) is 11.9 Å². The summed E-state index contributed by atoms with van der Waals surface area (Å²) in [6, 6.07) is 3.96. The lowest BCUT2D eigenvalue weighted by Gasteiger charge is -2.41. The minimum atomic E-state index is -4.60. The van der Waals surface area contributed by atoms with Crippen LogP contribution in [0.5, 0.6) is 5.75 Å². The van der Waals surface area contributed by atoms with Crippen LogP contribution in [0.15, 0.2) is 36.7 Å². The molecule has 13 heteroatoms. The maximum atomic E-state index is 17.2. The maximum Gasteiger partial charge on any atom is 0.416 e. The van der Waals surface area contributed by atoms with Gasteiger partial charge < -0.3 is 19.8 Å². The smallest absolute Gasteiger partial charge is 0.416 e. The van der Waals surface area contributed by atoms with E-state index in [1.807, 2.05) is 18.7 Å². The van der Waals surface area contributed by atoms with Crippen molar-refractivity contribution in [2.75, 3.05) is 24.6 Å². The lowest BCUT2D eigenvalue weighted by molar-refractivity contribution is -0.137. The minimum absolute atomic E-state index is 0.0109. The summed E-state index contributed by atoms with van der Waals surface area (Å²) in [6.07, 6.45) is -3.00. The first-order chi connectivity index (χ1) is 23.8. The van der Waals surface area contributed by atoms with E-state index < -0.39 is 41.5 Å². The summed E-state index contributed by atoms with van der Waals surface area (Å²) in [5.41, 5.74) is 0.0879. The van der Waals surface area contributed by atoms with Gasteiger partial charge in [-0.15, -0.1) is 0 Å². The highest BCUT2D eigenvalue weighted by molar-refractivity contribution is 5.51. The number of anilines is 1. The monoisotopic (exact) mass is 720 g/mol. The quantitative estimate of drug-likeness (QED) is 0.225. The second-order valence-electron chi connectivity index (χ2n) is 15.9. The third-order valence-corrected chi connectivity index (χ3v) is 10.4. The number of aliphatic hydroxyl groups is 2. The summed E-state index contributed by atoms with van der Waals surface area (Å²) in [4.78, 5) is 16.0. The number of alkyl halides is 6. The molecule has 3 aliphatic rings. The van der Waals surface area contributed by atoms with Gasteiger partial charge in [-0.05, 0) is 87.0 Å². The summed E-state index contributed by atoms with van der Waals surface area (Å²) < 4.78 is 92.1. The number of fused-ring (bicyclic) bond motifs is 1. The highest BCUT2D eigenvalue weighted by Crippen LogP contribution is 2.52. The van der Waals surface area contributed by atoms with E-state index in [4.69, 9.17) is 9.72 Å². The van der Waals surface area contributed by atoms with Crippen molar-refractivity contribution in [1.29, 1.82) is 0 Å². The summed E-state index contributed by atoms with van der Waals surface area (Å²) in [5, 5.41) is 21.5. The number of aliphatic hydroxyl groups excluding tert-OH is 1. The highest BCUT2D eigenvalue weighted by atomic mass is 19.4. The number of halogens is 6. The van der Waals surface area contributed by atoms with Gasteiger partial charge in [0.1, 0.15) is 6.61 Å². The molecule has 0 bridgehead atoms. The van der Waals surface area contributed by atoms with Gasteiger partial charge in [-0.2, -0.15) is 13.2 Å². The Morgan fingerprint density at radius 3 is 2.12 bits per heavy atom. The number of ether oxygens (including phenoxy) is 1. The van der Waals surface area contributed by atoms with E-state index in [-0.39, 0.29) is 54.7 Å². The Morgan fingerprint density at radius 2 is 1.55 bits per heavy atom. The van der Waals surface area contributed by atoms with Crippen LogP contribution in [0.25, 0.3) is 0 Å². The van der Waals surface area contributed by atoms with E-state index >= 15 is 4.39 Å². The Bertz CT molecular complexity index is 1670. The van der Waals surface area contributed by atoms with Gasteiger partial charge in [0.25, 0.3) is 0 Å². The van der Waals surface area contributed by atoms with E-state index in [0.717, 1.165) is 24.3 Å². The first kappa shape index (κ1) is 37.3. The van der Waals surface area contributed by atoms with Gasteiger partial charge in [-0.3, -0.25) is 4.98 Å². The topological polar surface area (TPSA) is 91.6 Å². The molecule has 2 N–H and O–H groups in total. The fraction of sp³-hybridized carbons (Fsp3) is 0.605. The van der Waals surface area contributed by atoms with Gasteiger partial charge in [0.05, 0.1) is 35.4 Å². The van der Waals surface area contributed by atoms with E-state index in [9.17, 15) is 32.2 Å². The largest absolute Gasteiger partial charge is 0.487 e. The molecular weight excluding hydrogens is 674 g/mol. The molecule has 0 unspecified atom stereocenters. The van der Waals surface area contributed by atoms with Crippen molar-refractivity contribution in [3.05, 3.63) is 75.9 Å². The van der Waals surface area contributed by atoms with Crippen molar-refractivity contribution in [2.24, 2.45) is 5.41 Å². The standard InChI is InChI=1S/C38H46F6N4O3/c1-35(2)17-27-30(28(49)18-35)29(22-9-13-37(40,41)14-10-22)31(32(39)23-5-7-25(8-6-23)38(42,43)44)33(47-27)24-11-15-48(16-12-24)34-45-19-26(20-46-34)51-21-36(3,4)50/h5-8,19-20,22,24,28,32,49-50H,9-18,21H2,1-4H3/t28-,32-/m0/s1. The third kappa shape index (κ3) is 8.45. The van der Waals surface area contributed by atoms with Gasteiger partial charge in [-0.25, -0.2) is 23.1 Å². The molecule has 1 saturated heterocycles. The zero-order chi connectivity index (χ0) is 36.9. The van der Waals surface area contributed by atoms with Crippen LogP contribution in [-0.2, 0) is 12.6 Å².